The molecule has 2 fully saturated rings. The Morgan fingerprint density at radius 3 is 2.67 bits per heavy atom. The first-order valence-corrected chi connectivity index (χ1v) is 7.44. The lowest BCUT2D eigenvalue weighted by atomic mass is 9.93. The number of hydrogen-bond acceptors (Lipinski definition) is 3. The van der Waals surface area contributed by atoms with E-state index < -0.39 is 0 Å². The zero-order valence-corrected chi connectivity index (χ0v) is 11.8. The van der Waals surface area contributed by atoms with Crippen molar-refractivity contribution >= 4 is 5.91 Å². The van der Waals surface area contributed by atoms with Crippen LogP contribution in [0.1, 0.15) is 46.0 Å². The van der Waals surface area contributed by atoms with Gasteiger partial charge in [0.25, 0.3) is 0 Å². The maximum Gasteiger partial charge on any atom is 0.240 e. The summed E-state index contributed by atoms with van der Waals surface area (Å²) in [6, 6.07) is 0.251. The number of amides is 1. The summed E-state index contributed by atoms with van der Waals surface area (Å²) in [7, 11) is 0. The van der Waals surface area contributed by atoms with Crippen LogP contribution in [0.3, 0.4) is 0 Å². The number of carbonyl (C=O) groups excluding carboxylic acids is 1. The molecule has 0 aromatic rings. The number of nitrogens with one attached hydrogen (secondary N) is 2. The minimum absolute atomic E-state index is 0.203. The van der Waals surface area contributed by atoms with E-state index in [2.05, 4.69) is 29.4 Å². The summed E-state index contributed by atoms with van der Waals surface area (Å²) < 4.78 is 0. The fraction of sp³-hybridized carbons (Fsp3) is 0.929. The first-order chi connectivity index (χ1) is 8.66. The van der Waals surface area contributed by atoms with Crippen molar-refractivity contribution in [1.29, 1.82) is 0 Å². The monoisotopic (exact) mass is 253 g/mol. The minimum Gasteiger partial charge on any atom is -0.351 e. The molecule has 0 aliphatic carbocycles. The van der Waals surface area contributed by atoms with E-state index in [0.717, 1.165) is 32.4 Å². The van der Waals surface area contributed by atoms with Crippen molar-refractivity contribution in [3.63, 3.8) is 0 Å². The Bertz CT molecular complexity index is 281. The van der Waals surface area contributed by atoms with Gasteiger partial charge in [-0.2, -0.15) is 0 Å². The predicted octanol–water partition coefficient (Wildman–Crippen LogP) is 1.12. The molecule has 4 nitrogen and oxygen atoms in total. The molecule has 0 aromatic heterocycles. The lowest BCUT2D eigenvalue weighted by Gasteiger charge is -2.30. The van der Waals surface area contributed by atoms with Gasteiger partial charge in [-0.25, -0.2) is 0 Å². The van der Waals surface area contributed by atoms with Crippen LogP contribution >= 0.6 is 0 Å². The van der Waals surface area contributed by atoms with E-state index in [0.29, 0.717) is 0 Å². The fourth-order valence-corrected chi connectivity index (χ4v) is 3.22. The molecule has 2 aliphatic rings. The first kappa shape index (κ1) is 13.8. The van der Waals surface area contributed by atoms with Gasteiger partial charge in [0, 0.05) is 12.6 Å². The van der Waals surface area contributed by atoms with Crippen LogP contribution < -0.4 is 10.6 Å². The van der Waals surface area contributed by atoms with E-state index >= 15 is 0 Å². The Kier molecular flexibility index (Phi) is 4.62. The lowest BCUT2D eigenvalue weighted by molar-refractivity contribution is -0.128. The predicted molar refractivity (Wildman–Crippen MR) is 73.5 cm³/mol. The van der Waals surface area contributed by atoms with Crippen LogP contribution in [0.5, 0.6) is 0 Å². The molecule has 2 atom stereocenters. The maximum atomic E-state index is 12.4. The molecule has 2 heterocycles. The molecular formula is C14H27N3O. The topological polar surface area (TPSA) is 44.4 Å². The van der Waals surface area contributed by atoms with Gasteiger partial charge in [0.15, 0.2) is 0 Å². The molecule has 2 N–H and O–H groups in total. The van der Waals surface area contributed by atoms with Crippen LogP contribution in [0.15, 0.2) is 0 Å². The molecule has 2 unspecified atom stereocenters. The minimum atomic E-state index is -0.292. The molecular weight excluding hydrogens is 226 g/mol. The van der Waals surface area contributed by atoms with Gasteiger partial charge in [-0.15, -0.1) is 0 Å². The summed E-state index contributed by atoms with van der Waals surface area (Å²) in [4.78, 5) is 14.8. The Hall–Kier alpha value is -0.610. The molecule has 4 heteroatoms. The van der Waals surface area contributed by atoms with Gasteiger partial charge in [-0.3, -0.25) is 4.79 Å². The van der Waals surface area contributed by atoms with Crippen molar-refractivity contribution in [2.75, 3.05) is 26.2 Å². The van der Waals surface area contributed by atoms with Crippen LogP contribution in [0, 0.1) is 0 Å². The Balaban J connectivity index is 1.81. The van der Waals surface area contributed by atoms with E-state index in [9.17, 15) is 4.79 Å². The number of rotatable bonds is 5. The zero-order valence-electron chi connectivity index (χ0n) is 11.8. The molecule has 0 aromatic carbocycles. The SMILES string of the molecule is CCC1(C(=O)NC(C)CN2CCCC2)CCCN1. The van der Waals surface area contributed by atoms with E-state index in [-0.39, 0.29) is 17.5 Å². The summed E-state index contributed by atoms with van der Waals surface area (Å²) in [5.41, 5.74) is -0.292. The van der Waals surface area contributed by atoms with E-state index in [1.54, 1.807) is 0 Å². The molecule has 2 saturated heterocycles. The average Bonchev–Trinajstić information content (AvgIpc) is 2.99. The van der Waals surface area contributed by atoms with Gasteiger partial charge in [0.2, 0.25) is 5.91 Å². The van der Waals surface area contributed by atoms with Gasteiger partial charge in [-0.1, -0.05) is 6.92 Å². The molecule has 0 saturated carbocycles. The maximum absolute atomic E-state index is 12.4. The molecule has 2 aliphatic heterocycles. The standard InChI is InChI=1S/C14H27N3O/c1-3-14(7-6-8-15-14)13(18)16-12(2)11-17-9-4-5-10-17/h12,15H,3-11H2,1-2H3,(H,16,18). The highest BCUT2D eigenvalue weighted by molar-refractivity contribution is 5.86. The van der Waals surface area contributed by atoms with Crippen LogP contribution in [0.2, 0.25) is 0 Å². The summed E-state index contributed by atoms with van der Waals surface area (Å²) in [6.07, 6.45) is 5.59. The smallest absolute Gasteiger partial charge is 0.240 e. The largest absolute Gasteiger partial charge is 0.351 e. The number of hydrogen-bond donors (Lipinski definition) is 2. The molecule has 0 bridgehead atoms. The van der Waals surface area contributed by atoms with Crippen LogP contribution in [0.25, 0.3) is 0 Å². The third-order valence-corrected chi connectivity index (χ3v) is 4.39. The van der Waals surface area contributed by atoms with E-state index in [1.807, 2.05) is 0 Å². The first-order valence-electron chi connectivity index (χ1n) is 7.44. The van der Waals surface area contributed by atoms with Crippen molar-refractivity contribution in [3.8, 4) is 0 Å². The lowest BCUT2D eigenvalue weighted by Crippen LogP contribution is -2.56. The molecule has 1 amide bonds. The van der Waals surface area contributed by atoms with E-state index in [1.165, 1.54) is 25.9 Å². The van der Waals surface area contributed by atoms with Gasteiger partial charge in [0.05, 0.1) is 5.54 Å². The van der Waals surface area contributed by atoms with Gasteiger partial charge in [-0.05, 0) is 58.7 Å². The summed E-state index contributed by atoms with van der Waals surface area (Å²) in [5.74, 6) is 0.203. The third-order valence-electron chi connectivity index (χ3n) is 4.39. The van der Waals surface area contributed by atoms with E-state index in [4.69, 9.17) is 0 Å². The number of carbonyl (C=O) groups is 1. The molecule has 104 valence electrons. The normalized spacial score (nSPS) is 30.6. The molecule has 0 spiro atoms. The summed E-state index contributed by atoms with van der Waals surface area (Å²) in [6.45, 7) is 8.57. The Morgan fingerprint density at radius 2 is 2.11 bits per heavy atom. The number of nitrogens with zero attached hydrogens (tertiary/aromatic N) is 1. The quantitative estimate of drug-likeness (QED) is 0.772. The van der Waals surface area contributed by atoms with Crippen LogP contribution in [-0.2, 0) is 4.79 Å². The van der Waals surface area contributed by atoms with Crippen molar-refractivity contribution in [1.82, 2.24) is 15.5 Å². The highest BCUT2D eigenvalue weighted by Gasteiger charge is 2.39. The highest BCUT2D eigenvalue weighted by Crippen LogP contribution is 2.23. The molecule has 0 radical (unpaired) electrons. The van der Waals surface area contributed by atoms with Gasteiger partial charge < -0.3 is 15.5 Å². The highest BCUT2D eigenvalue weighted by atomic mass is 16.2. The molecule has 2 rings (SSSR count). The fourth-order valence-electron chi connectivity index (χ4n) is 3.22. The van der Waals surface area contributed by atoms with Crippen molar-refractivity contribution in [2.45, 2.75) is 57.5 Å². The Morgan fingerprint density at radius 1 is 1.39 bits per heavy atom. The van der Waals surface area contributed by atoms with Gasteiger partial charge in [0.1, 0.15) is 0 Å². The van der Waals surface area contributed by atoms with Crippen molar-refractivity contribution in [2.24, 2.45) is 0 Å². The summed E-state index contributed by atoms with van der Waals surface area (Å²) in [5, 5.41) is 6.59. The Labute approximate surface area is 110 Å². The summed E-state index contributed by atoms with van der Waals surface area (Å²) >= 11 is 0. The van der Waals surface area contributed by atoms with Crippen LogP contribution in [-0.4, -0.2) is 48.6 Å². The van der Waals surface area contributed by atoms with Crippen LogP contribution in [0.4, 0.5) is 0 Å². The third kappa shape index (κ3) is 3.04. The van der Waals surface area contributed by atoms with Gasteiger partial charge >= 0.3 is 0 Å². The number of likely N-dealkylation sites (tertiary alicyclic amines) is 1. The second-order valence-electron chi connectivity index (χ2n) is 5.85. The second kappa shape index (κ2) is 6.02. The van der Waals surface area contributed by atoms with Crippen molar-refractivity contribution in [3.05, 3.63) is 0 Å². The second-order valence-corrected chi connectivity index (χ2v) is 5.85. The molecule has 18 heavy (non-hydrogen) atoms. The zero-order chi connectivity index (χ0) is 13.0. The van der Waals surface area contributed by atoms with Crippen molar-refractivity contribution < 1.29 is 4.79 Å². The average molecular weight is 253 g/mol.